The zero-order chi connectivity index (χ0) is 16.5. The fraction of sp³-hybridized carbons (Fsp3) is 0.842. The van der Waals surface area contributed by atoms with E-state index in [9.17, 15) is 9.90 Å². The molecule has 1 fully saturated rings. The third-order valence-electron chi connectivity index (χ3n) is 5.23. The molecule has 0 radical (unpaired) electrons. The van der Waals surface area contributed by atoms with Gasteiger partial charge >= 0.3 is 5.97 Å². The number of hydrogen-bond acceptors (Lipinski definition) is 3. The van der Waals surface area contributed by atoms with Crippen molar-refractivity contribution >= 4 is 5.97 Å². The molecule has 5 atom stereocenters. The van der Waals surface area contributed by atoms with Crippen LogP contribution < -0.4 is 0 Å². The van der Waals surface area contributed by atoms with Crippen LogP contribution in [-0.2, 0) is 9.53 Å². The van der Waals surface area contributed by atoms with Gasteiger partial charge in [0.05, 0.1) is 13.2 Å². The fourth-order valence-electron chi connectivity index (χ4n) is 3.96. The number of esters is 1. The maximum Gasteiger partial charge on any atom is 0.305 e. The second kappa shape index (κ2) is 10.0. The molecule has 0 spiro atoms. The first-order valence-corrected chi connectivity index (χ1v) is 8.85. The van der Waals surface area contributed by atoms with Crippen LogP contribution >= 0.6 is 0 Å². The Morgan fingerprint density at radius 1 is 1.27 bits per heavy atom. The largest absolute Gasteiger partial charge is 0.469 e. The van der Waals surface area contributed by atoms with E-state index >= 15 is 0 Å². The zero-order valence-corrected chi connectivity index (χ0v) is 14.8. The molecule has 0 aromatic carbocycles. The second-order valence-electron chi connectivity index (χ2n) is 7.12. The van der Waals surface area contributed by atoms with Gasteiger partial charge in [-0.25, -0.2) is 0 Å². The van der Waals surface area contributed by atoms with Crippen LogP contribution in [0.5, 0.6) is 0 Å². The molecule has 0 bridgehead atoms. The fourth-order valence-corrected chi connectivity index (χ4v) is 3.96. The highest BCUT2D eigenvalue weighted by molar-refractivity contribution is 5.68. The molecule has 1 aliphatic carbocycles. The normalized spacial score (nSPS) is 29.9. The maximum absolute atomic E-state index is 11.0. The molecule has 0 heterocycles. The van der Waals surface area contributed by atoms with E-state index in [0.29, 0.717) is 6.42 Å². The van der Waals surface area contributed by atoms with Crippen LogP contribution in [0.2, 0.25) is 0 Å². The van der Waals surface area contributed by atoms with Gasteiger partial charge in [0.15, 0.2) is 0 Å². The molecule has 1 N–H and O–H groups in total. The van der Waals surface area contributed by atoms with Crippen LogP contribution in [-0.4, -0.2) is 24.3 Å². The van der Waals surface area contributed by atoms with Gasteiger partial charge in [0.1, 0.15) is 0 Å². The molecule has 1 rings (SSSR count). The number of ether oxygens (including phenoxy) is 1. The SMILES string of the molecule is COC(=O)CCC/C=C\C[C@@H]1[C@@H](CCC(C)O)[C@H](C)C[C@@H]1C. The summed E-state index contributed by atoms with van der Waals surface area (Å²) in [5, 5.41) is 9.54. The van der Waals surface area contributed by atoms with E-state index in [-0.39, 0.29) is 12.1 Å². The summed E-state index contributed by atoms with van der Waals surface area (Å²) in [5.74, 6) is 2.90. The van der Waals surface area contributed by atoms with Gasteiger partial charge < -0.3 is 9.84 Å². The monoisotopic (exact) mass is 310 g/mol. The molecule has 0 amide bonds. The Balaban J connectivity index is 2.35. The third kappa shape index (κ3) is 6.51. The summed E-state index contributed by atoms with van der Waals surface area (Å²) >= 11 is 0. The Morgan fingerprint density at radius 3 is 2.59 bits per heavy atom. The number of rotatable bonds is 9. The van der Waals surface area contributed by atoms with Gasteiger partial charge in [-0.05, 0) is 69.1 Å². The highest BCUT2D eigenvalue weighted by atomic mass is 16.5. The quantitative estimate of drug-likeness (QED) is 0.391. The van der Waals surface area contributed by atoms with Crippen LogP contribution in [0.25, 0.3) is 0 Å². The lowest BCUT2D eigenvalue weighted by atomic mass is 9.82. The number of carbonyl (C=O) groups excluding carboxylic acids is 1. The van der Waals surface area contributed by atoms with Crippen molar-refractivity contribution in [1.82, 2.24) is 0 Å². The average molecular weight is 310 g/mol. The Morgan fingerprint density at radius 2 is 1.95 bits per heavy atom. The summed E-state index contributed by atoms with van der Waals surface area (Å²) in [6, 6.07) is 0. The minimum Gasteiger partial charge on any atom is -0.469 e. The van der Waals surface area contributed by atoms with Crippen molar-refractivity contribution in [2.75, 3.05) is 7.11 Å². The third-order valence-corrected chi connectivity index (χ3v) is 5.23. The van der Waals surface area contributed by atoms with E-state index in [1.54, 1.807) is 0 Å². The zero-order valence-electron chi connectivity index (χ0n) is 14.8. The van der Waals surface area contributed by atoms with Crippen molar-refractivity contribution in [3.05, 3.63) is 12.2 Å². The molecule has 22 heavy (non-hydrogen) atoms. The van der Waals surface area contributed by atoms with Crippen molar-refractivity contribution in [1.29, 1.82) is 0 Å². The molecule has 0 aromatic heterocycles. The van der Waals surface area contributed by atoms with Gasteiger partial charge in [-0.1, -0.05) is 26.0 Å². The Labute approximate surface area is 136 Å². The van der Waals surface area contributed by atoms with E-state index in [1.165, 1.54) is 13.5 Å². The summed E-state index contributed by atoms with van der Waals surface area (Å²) in [6.07, 6.45) is 11.2. The molecule has 0 aliphatic heterocycles. The molecular weight excluding hydrogens is 276 g/mol. The van der Waals surface area contributed by atoms with Gasteiger partial charge in [-0.2, -0.15) is 0 Å². The van der Waals surface area contributed by atoms with Crippen LogP contribution in [0.15, 0.2) is 12.2 Å². The van der Waals surface area contributed by atoms with Crippen molar-refractivity contribution in [3.63, 3.8) is 0 Å². The molecule has 0 saturated heterocycles. The van der Waals surface area contributed by atoms with Gasteiger partial charge in [-0.3, -0.25) is 4.79 Å². The van der Waals surface area contributed by atoms with Gasteiger partial charge in [0.25, 0.3) is 0 Å². The van der Waals surface area contributed by atoms with Crippen molar-refractivity contribution in [2.24, 2.45) is 23.7 Å². The van der Waals surface area contributed by atoms with E-state index in [1.807, 2.05) is 6.92 Å². The van der Waals surface area contributed by atoms with E-state index < -0.39 is 0 Å². The van der Waals surface area contributed by atoms with Crippen molar-refractivity contribution in [3.8, 4) is 0 Å². The van der Waals surface area contributed by atoms with E-state index in [2.05, 4.69) is 30.7 Å². The lowest BCUT2D eigenvalue weighted by molar-refractivity contribution is -0.140. The number of hydrogen-bond donors (Lipinski definition) is 1. The Hall–Kier alpha value is -0.830. The minimum atomic E-state index is -0.183. The standard InChI is InChI=1S/C19H34O3/c1-14-13-15(2)18(12-11-16(3)20)17(14)9-7-5-6-8-10-19(21)22-4/h5,7,14-18,20H,6,8-13H2,1-4H3/b7-5-/t14-,15+,16?,17-,18-/m0/s1. The smallest absolute Gasteiger partial charge is 0.305 e. The number of unbranched alkanes of at least 4 members (excludes halogenated alkanes) is 1. The first kappa shape index (κ1) is 19.2. The molecule has 3 nitrogen and oxygen atoms in total. The van der Waals surface area contributed by atoms with Crippen LogP contribution in [0.3, 0.4) is 0 Å². The second-order valence-corrected chi connectivity index (χ2v) is 7.12. The maximum atomic E-state index is 11.0. The summed E-state index contributed by atoms with van der Waals surface area (Å²) in [7, 11) is 1.44. The molecule has 0 aromatic rings. The van der Waals surface area contributed by atoms with Gasteiger partial charge in [-0.15, -0.1) is 0 Å². The molecule has 1 unspecified atom stereocenters. The van der Waals surface area contributed by atoms with E-state index in [0.717, 1.165) is 55.8 Å². The lowest BCUT2D eigenvalue weighted by Crippen LogP contribution is -2.17. The van der Waals surface area contributed by atoms with Crippen LogP contribution in [0.1, 0.15) is 65.7 Å². The van der Waals surface area contributed by atoms with Gasteiger partial charge in [0.2, 0.25) is 0 Å². The summed E-state index contributed by atoms with van der Waals surface area (Å²) < 4.78 is 4.64. The highest BCUT2D eigenvalue weighted by Gasteiger charge is 2.37. The predicted molar refractivity (Wildman–Crippen MR) is 90.5 cm³/mol. The average Bonchev–Trinajstić information content (AvgIpc) is 2.73. The summed E-state index contributed by atoms with van der Waals surface area (Å²) in [5.41, 5.74) is 0. The Bertz CT molecular complexity index is 349. The van der Waals surface area contributed by atoms with Crippen LogP contribution in [0, 0.1) is 23.7 Å². The summed E-state index contributed by atoms with van der Waals surface area (Å²) in [6.45, 7) is 6.62. The predicted octanol–water partition coefficient (Wildman–Crippen LogP) is 4.35. The molecule has 1 saturated carbocycles. The number of aliphatic hydroxyl groups excluding tert-OH is 1. The molecule has 3 heteroatoms. The van der Waals surface area contributed by atoms with Crippen molar-refractivity contribution < 1.29 is 14.6 Å². The van der Waals surface area contributed by atoms with Crippen molar-refractivity contribution in [2.45, 2.75) is 71.8 Å². The Kier molecular flexibility index (Phi) is 8.77. The first-order chi connectivity index (χ1) is 10.5. The number of aliphatic hydroxyl groups is 1. The van der Waals surface area contributed by atoms with Crippen LogP contribution in [0.4, 0.5) is 0 Å². The number of carbonyl (C=O) groups is 1. The number of allylic oxidation sites excluding steroid dienone is 2. The topological polar surface area (TPSA) is 46.5 Å². The van der Waals surface area contributed by atoms with E-state index in [4.69, 9.17) is 0 Å². The highest BCUT2D eigenvalue weighted by Crippen LogP contribution is 2.45. The number of methoxy groups -OCH3 is 1. The first-order valence-electron chi connectivity index (χ1n) is 8.85. The van der Waals surface area contributed by atoms with Gasteiger partial charge in [0, 0.05) is 6.42 Å². The molecular formula is C19H34O3. The lowest BCUT2D eigenvalue weighted by Gasteiger charge is -2.24. The molecule has 1 aliphatic rings. The molecule has 128 valence electrons. The minimum absolute atomic E-state index is 0.121. The summed E-state index contributed by atoms with van der Waals surface area (Å²) in [4.78, 5) is 11.0.